The summed E-state index contributed by atoms with van der Waals surface area (Å²) in [5, 5.41) is 6.04. The van der Waals surface area contributed by atoms with Crippen LogP contribution in [0, 0.1) is 5.92 Å². The fourth-order valence-electron chi connectivity index (χ4n) is 5.74. The van der Waals surface area contributed by atoms with Crippen LogP contribution in [-0.2, 0) is 29.1 Å². The first kappa shape index (κ1) is 33.9. The summed E-state index contributed by atoms with van der Waals surface area (Å²) in [5.74, 6) is -1.80. The average Bonchev–Trinajstić information content (AvgIpc) is 3.93. The van der Waals surface area contributed by atoms with Gasteiger partial charge in [-0.05, 0) is 53.0 Å². The zero-order valence-electron chi connectivity index (χ0n) is 27.1. The van der Waals surface area contributed by atoms with E-state index in [9.17, 15) is 27.6 Å². The number of aromatic nitrogens is 1. The lowest BCUT2D eigenvalue weighted by Crippen LogP contribution is -2.58. The van der Waals surface area contributed by atoms with Gasteiger partial charge in [0.05, 0.1) is 25.1 Å². The van der Waals surface area contributed by atoms with E-state index in [2.05, 4.69) is 26.9 Å². The Morgan fingerprint density at radius 2 is 1.83 bits per heavy atom. The molecule has 0 spiro atoms. The van der Waals surface area contributed by atoms with Crippen molar-refractivity contribution in [3.8, 4) is 11.6 Å². The first-order valence-electron chi connectivity index (χ1n) is 15.5. The van der Waals surface area contributed by atoms with Gasteiger partial charge in [0.25, 0.3) is 5.91 Å². The maximum atomic E-state index is 14.0. The zero-order chi connectivity index (χ0) is 34.3. The van der Waals surface area contributed by atoms with Crippen LogP contribution in [0.1, 0.15) is 53.4 Å². The number of sulfonamides is 1. The number of hydrogen-bond acceptors (Lipinski definition) is 10. The molecule has 2 aliphatic carbocycles. The summed E-state index contributed by atoms with van der Waals surface area (Å²) in [7, 11) is -2.35. The topological polar surface area (TPSA) is 182 Å². The highest BCUT2D eigenvalue weighted by molar-refractivity contribution is 7.91. The molecule has 3 fully saturated rings. The molecular weight excluding hydrogens is 630 g/mol. The molecule has 5 rings (SSSR count). The van der Waals surface area contributed by atoms with Crippen LogP contribution < -0.4 is 24.8 Å². The highest BCUT2D eigenvalue weighted by Gasteiger charge is 2.62. The van der Waals surface area contributed by atoms with Crippen molar-refractivity contribution in [2.75, 3.05) is 13.7 Å². The first-order chi connectivity index (χ1) is 22.1. The Labute approximate surface area is 273 Å². The van der Waals surface area contributed by atoms with Crippen molar-refractivity contribution in [1.29, 1.82) is 0 Å². The molecule has 3 N–H and O–H groups in total. The Morgan fingerprint density at radius 3 is 2.43 bits per heavy atom. The molecule has 1 saturated heterocycles. The number of benzene rings is 1. The second-order valence-corrected chi connectivity index (χ2v) is 15.2. The minimum atomic E-state index is -3.88. The predicted octanol–water partition coefficient (Wildman–Crippen LogP) is 2.17. The van der Waals surface area contributed by atoms with Gasteiger partial charge < -0.3 is 29.7 Å². The Balaban J connectivity index is 1.39. The number of ether oxygens (including phenoxy) is 3. The number of hydrogen-bond donors (Lipinski definition) is 3. The molecule has 4 amide bonds. The SMILES string of the molecule is C=C[C@@H]1C[C@]1(NC(=O)[C@@H]1C[C@@H](Oc2ncc(OC)c3ccccc23)CN1C(=O)[C@H](C)NC(=O)OC(C)(C)C)C(=O)NS(=O)(=O)C1CC1. The second-order valence-electron chi connectivity index (χ2n) is 13.2. The summed E-state index contributed by atoms with van der Waals surface area (Å²) >= 11 is 0. The van der Waals surface area contributed by atoms with E-state index >= 15 is 0 Å². The zero-order valence-corrected chi connectivity index (χ0v) is 27.9. The molecule has 0 unspecified atom stereocenters. The van der Waals surface area contributed by atoms with Crippen LogP contribution in [0.15, 0.2) is 43.1 Å². The number of rotatable bonds is 11. The number of pyridine rings is 1. The molecule has 0 radical (unpaired) electrons. The summed E-state index contributed by atoms with van der Waals surface area (Å²) in [6, 6.07) is 5.13. The molecule has 0 bridgehead atoms. The van der Waals surface area contributed by atoms with Crippen LogP contribution in [0.5, 0.6) is 11.6 Å². The quantitative estimate of drug-likeness (QED) is 0.300. The number of alkyl carbamates (subject to hydrolysis) is 1. The maximum Gasteiger partial charge on any atom is 0.408 e. The Bertz CT molecular complexity index is 1700. The Kier molecular flexibility index (Phi) is 9.14. The van der Waals surface area contributed by atoms with E-state index in [1.807, 2.05) is 24.3 Å². The number of carbonyl (C=O) groups excluding carboxylic acids is 4. The molecule has 2 heterocycles. The molecule has 14 nitrogen and oxygen atoms in total. The van der Waals surface area contributed by atoms with Crippen LogP contribution in [0.3, 0.4) is 0 Å². The van der Waals surface area contributed by atoms with Gasteiger partial charge in [0.1, 0.15) is 35.1 Å². The largest absolute Gasteiger partial charge is 0.494 e. The highest BCUT2D eigenvalue weighted by atomic mass is 32.2. The van der Waals surface area contributed by atoms with Crippen molar-refractivity contribution < 1.29 is 41.8 Å². The van der Waals surface area contributed by atoms with Gasteiger partial charge in [0.2, 0.25) is 27.7 Å². The molecular formula is C32H41N5O9S. The van der Waals surface area contributed by atoms with Crippen LogP contribution >= 0.6 is 0 Å². The molecule has 1 aromatic carbocycles. The maximum absolute atomic E-state index is 14.0. The summed E-state index contributed by atoms with van der Waals surface area (Å²) in [5.41, 5.74) is -2.34. The normalized spacial score (nSPS) is 24.5. The van der Waals surface area contributed by atoms with E-state index in [1.165, 1.54) is 31.2 Å². The predicted molar refractivity (Wildman–Crippen MR) is 171 cm³/mol. The first-order valence-corrected chi connectivity index (χ1v) is 17.0. The van der Waals surface area contributed by atoms with Gasteiger partial charge in [-0.2, -0.15) is 0 Å². The molecule has 3 aliphatic rings. The van der Waals surface area contributed by atoms with Gasteiger partial charge in [-0.1, -0.05) is 24.3 Å². The smallest absolute Gasteiger partial charge is 0.408 e. The number of amides is 4. The number of methoxy groups -OCH3 is 1. The molecule has 1 aliphatic heterocycles. The van der Waals surface area contributed by atoms with Crippen LogP contribution in [0.25, 0.3) is 10.8 Å². The fourth-order valence-corrected chi connectivity index (χ4v) is 7.11. The average molecular weight is 672 g/mol. The number of nitrogens with one attached hydrogen (secondary N) is 3. The Hall–Kier alpha value is -4.40. The number of nitrogens with zero attached hydrogens (tertiary/aromatic N) is 2. The van der Waals surface area contributed by atoms with Crippen LogP contribution in [-0.4, -0.2) is 90.3 Å². The van der Waals surface area contributed by atoms with Gasteiger partial charge in [-0.15, -0.1) is 6.58 Å². The third kappa shape index (κ3) is 7.29. The number of carbonyl (C=O) groups is 4. The number of likely N-dealkylation sites (tertiary alicyclic amines) is 1. The van der Waals surface area contributed by atoms with Gasteiger partial charge >= 0.3 is 6.09 Å². The van der Waals surface area contributed by atoms with Crippen LogP contribution in [0.2, 0.25) is 0 Å². The summed E-state index contributed by atoms with van der Waals surface area (Å²) in [4.78, 5) is 59.2. The molecule has 2 saturated carbocycles. The highest BCUT2D eigenvalue weighted by Crippen LogP contribution is 2.45. The van der Waals surface area contributed by atoms with E-state index in [-0.39, 0.29) is 25.3 Å². The minimum Gasteiger partial charge on any atom is -0.494 e. The Morgan fingerprint density at radius 1 is 1.15 bits per heavy atom. The van der Waals surface area contributed by atoms with Gasteiger partial charge in [-0.25, -0.2) is 18.2 Å². The van der Waals surface area contributed by atoms with Gasteiger partial charge in [0, 0.05) is 23.1 Å². The van der Waals surface area contributed by atoms with E-state index in [0.29, 0.717) is 24.0 Å². The summed E-state index contributed by atoms with van der Waals surface area (Å²) in [6.07, 6.45) is 2.58. The van der Waals surface area contributed by atoms with E-state index in [1.54, 1.807) is 20.8 Å². The van der Waals surface area contributed by atoms with E-state index in [0.717, 1.165) is 5.39 Å². The second kappa shape index (κ2) is 12.7. The number of fused-ring (bicyclic) bond motifs is 1. The monoisotopic (exact) mass is 671 g/mol. The lowest BCUT2D eigenvalue weighted by atomic mass is 10.1. The molecule has 254 valence electrons. The minimum absolute atomic E-state index is 0.0234. The van der Waals surface area contributed by atoms with Crippen molar-refractivity contribution in [2.24, 2.45) is 5.92 Å². The van der Waals surface area contributed by atoms with Gasteiger partial charge in [-0.3, -0.25) is 19.1 Å². The molecule has 15 heteroatoms. The molecule has 1 aromatic heterocycles. The van der Waals surface area contributed by atoms with Crippen molar-refractivity contribution in [1.82, 2.24) is 25.2 Å². The lowest BCUT2D eigenvalue weighted by Gasteiger charge is -2.29. The molecule has 5 atom stereocenters. The summed E-state index contributed by atoms with van der Waals surface area (Å²) in [6.45, 7) is 10.2. The summed E-state index contributed by atoms with van der Waals surface area (Å²) < 4.78 is 44.2. The third-order valence-corrected chi connectivity index (χ3v) is 10.2. The fraction of sp³-hybridized carbons (Fsp3) is 0.531. The molecule has 47 heavy (non-hydrogen) atoms. The van der Waals surface area contributed by atoms with Crippen molar-refractivity contribution in [3.63, 3.8) is 0 Å². The van der Waals surface area contributed by atoms with E-state index in [4.69, 9.17) is 14.2 Å². The third-order valence-electron chi connectivity index (χ3n) is 8.42. The van der Waals surface area contributed by atoms with Crippen molar-refractivity contribution in [2.45, 2.75) is 88.0 Å². The molecule has 2 aromatic rings. The van der Waals surface area contributed by atoms with Crippen LogP contribution in [0.4, 0.5) is 4.79 Å². The van der Waals surface area contributed by atoms with Crippen molar-refractivity contribution >= 4 is 44.6 Å². The lowest BCUT2D eigenvalue weighted by molar-refractivity contribution is -0.140. The van der Waals surface area contributed by atoms with Gasteiger partial charge in [0.15, 0.2) is 0 Å². The van der Waals surface area contributed by atoms with E-state index < -0.39 is 74.3 Å². The standard InChI is InChI=1S/C32H41N5O9S/c1-7-19-15-32(19,29(40)36-47(42,43)21-12-13-21)35-26(38)24-14-20(17-37(24)28(39)18(2)34-30(41)46-31(3,4)5)45-27-23-11-9-8-10-22(23)25(44-6)16-33-27/h7-11,16,18-21,24H,1,12-15,17H2,2-6H3,(H,34,41)(H,35,38)(H,36,40)/t18-,19+,20+,24-,32+/m0/s1. The van der Waals surface area contributed by atoms with Crippen molar-refractivity contribution in [3.05, 3.63) is 43.1 Å².